The van der Waals surface area contributed by atoms with Gasteiger partial charge in [0.25, 0.3) is 12.3 Å². The highest BCUT2D eigenvalue weighted by Crippen LogP contribution is 2.68. The van der Waals surface area contributed by atoms with E-state index >= 15 is 0 Å². The second kappa shape index (κ2) is 3.80. The third kappa shape index (κ3) is 1.63. The number of carbonyl (C=O) groups is 1. The normalized spacial score (nSPS) is 26.4. The molecule has 2 aliphatic carbocycles. The van der Waals surface area contributed by atoms with Gasteiger partial charge < -0.3 is 0 Å². The Morgan fingerprint density at radius 3 is 2.79 bits per heavy atom. The molecule has 0 aromatic carbocycles. The Morgan fingerprint density at radius 2 is 2.21 bits per heavy atom. The van der Waals surface area contributed by atoms with Crippen LogP contribution in [0.4, 0.5) is 17.6 Å². The van der Waals surface area contributed by atoms with Crippen LogP contribution in [0.15, 0.2) is 0 Å². The van der Waals surface area contributed by atoms with Crippen molar-refractivity contribution in [2.24, 2.45) is 5.92 Å². The smallest absolute Gasteiger partial charge is 0.293 e. The van der Waals surface area contributed by atoms with E-state index < -0.39 is 35.6 Å². The molecule has 0 saturated heterocycles. The van der Waals surface area contributed by atoms with E-state index in [2.05, 4.69) is 5.10 Å². The Morgan fingerprint density at radius 1 is 1.53 bits per heavy atom. The molecule has 3 nitrogen and oxygen atoms in total. The summed E-state index contributed by atoms with van der Waals surface area (Å²) in [5.41, 5.74) is -1.07. The number of nitrogens with zero attached hydrogens (tertiary/aromatic N) is 2. The highest BCUT2D eigenvalue weighted by Gasteiger charge is 2.67. The molecule has 0 radical (unpaired) electrons. The summed E-state index contributed by atoms with van der Waals surface area (Å²) in [5, 5.41) is 3.56. The van der Waals surface area contributed by atoms with Crippen molar-refractivity contribution < 1.29 is 22.4 Å². The van der Waals surface area contributed by atoms with Crippen molar-refractivity contribution in [1.29, 1.82) is 0 Å². The van der Waals surface area contributed by atoms with Gasteiger partial charge in [-0.1, -0.05) is 6.92 Å². The molecular formula is C12H12F4N2O. The van der Waals surface area contributed by atoms with Gasteiger partial charge in [0.05, 0.1) is 0 Å². The van der Waals surface area contributed by atoms with Crippen LogP contribution in [0.5, 0.6) is 0 Å². The third-order valence-corrected chi connectivity index (χ3v) is 3.89. The van der Waals surface area contributed by atoms with E-state index in [1.54, 1.807) is 6.92 Å². The van der Waals surface area contributed by atoms with Gasteiger partial charge in [-0.25, -0.2) is 8.78 Å². The van der Waals surface area contributed by atoms with E-state index in [9.17, 15) is 22.4 Å². The summed E-state index contributed by atoms with van der Waals surface area (Å²) in [6.07, 6.45) is -2.49. The summed E-state index contributed by atoms with van der Waals surface area (Å²) in [6, 6.07) is 0. The van der Waals surface area contributed by atoms with Crippen LogP contribution in [0, 0.1) is 5.92 Å². The zero-order valence-electron chi connectivity index (χ0n) is 10.2. The average molecular weight is 276 g/mol. The number of hydrogen-bond acceptors (Lipinski definition) is 2. The third-order valence-electron chi connectivity index (χ3n) is 3.89. The van der Waals surface area contributed by atoms with E-state index in [1.165, 1.54) is 0 Å². The van der Waals surface area contributed by atoms with Crippen LogP contribution >= 0.6 is 0 Å². The summed E-state index contributed by atoms with van der Waals surface area (Å²) in [4.78, 5) is 11.4. The second-order valence-corrected chi connectivity index (χ2v) is 5.07. The summed E-state index contributed by atoms with van der Waals surface area (Å²) < 4.78 is 54.7. The van der Waals surface area contributed by atoms with Gasteiger partial charge in [0.1, 0.15) is 17.9 Å². The fraction of sp³-hybridized carbons (Fsp3) is 0.667. The molecule has 1 heterocycles. The zero-order chi connectivity index (χ0) is 13.9. The molecule has 0 spiro atoms. The Labute approximate surface area is 106 Å². The van der Waals surface area contributed by atoms with Gasteiger partial charge in [-0.3, -0.25) is 9.48 Å². The van der Waals surface area contributed by atoms with Crippen LogP contribution in [-0.4, -0.2) is 15.6 Å². The first kappa shape index (κ1) is 12.6. The molecule has 0 bridgehead atoms. The van der Waals surface area contributed by atoms with Crippen molar-refractivity contribution in [3.05, 3.63) is 17.0 Å². The first-order valence-corrected chi connectivity index (χ1v) is 6.16. The molecule has 7 heteroatoms. The maximum atomic E-state index is 14.0. The molecular weight excluding hydrogens is 264 g/mol. The van der Waals surface area contributed by atoms with Crippen molar-refractivity contribution in [2.45, 2.75) is 44.6 Å². The van der Waals surface area contributed by atoms with E-state index in [0.29, 0.717) is 0 Å². The monoisotopic (exact) mass is 276 g/mol. The number of alkyl halides is 4. The minimum atomic E-state index is -3.14. The van der Waals surface area contributed by atoms with Crippen molar-refractivity contribution in [3.8, 4) is 0 Å². The van der Waals surface area contributed by atoms with Crippen molar-refractivity contribution in [2.75, 3.05) is 0 Å². The van der Waals surface area contributed by atoms with Crippen molar-refractivity contribution >= 4 is 5.78 Å². The number of halogens is 4. The molecule has 0 N–H and O–H groups in total. The minimum absolute atomic E-state index is 0.0195. The first-order valence-electron chi connectivity index (χ1n) is 6.16. The first-order chi connectivity index (χ1) is 8.87. The largest absolute Gasteiger partial charge is 0.298 e. The second-order valence-electron chi connectivity index (χ2n) is 5.07. The van der Waals surface area contributed by atoms with Crippen LogP contribution in [0.25, 0.3) is 0 Å². The predicted octanol–water partition coefficient (Wildman–Crippen LogP) is 3.01. The molecule has 0 amide bonds. The number of rotatable bonds is 4. The van der Waals surface area contributed by atoms with E-state index in [0.717, 1.165) is 4.68 Å². The maximum Gasteiger partial charge on any atom is 0.293 e. The van der Waals surface area contributed by atoms with Gasteiger partial charge in [-0.15, -0.1) is 0 Å². The standard InChI is InChI=1S/C12H12F4N2O/c1-2-5(19)4-18-10-8(9(17-18)11(13)14)6-3-7(6)12(10,15)16/h6-7,11H,2-4H2,1H3. The van der Waals surface area contributed by atoms with Crippen LogP contribution in [0.3, 0.4) is 0 Å². The highest BCUT2D eigenvalue weighted by molar-refractivity contribution is 5.78. The number of hydrogen-bond donors (Lipinski definition) is 0. The fourth-order valence-electron chi connectivity index (χ4n) is 2.86. The lowest BCUT2D eigenvalue weighted by molar-refractivity contribution is -0.119. The van der Waals surface area contributed by atoms with E-state index in [4.69, 9.17) is 0 Å². The van der Waals surface area contributed by atoms with Crippen molar-refractivity contribution in [3.63, 3.8) is 0 Å². The van der Waals surface area contributed by atoms with Gasteiger partial charge >= 0.3 is 0 Å². The van der Waals surface area contributed by atoms with Gasteiger partial charge in [-0.05, 0) is 12.3 Å². The molecule has 104 valence electrons. The Hall–Kier alpha value is -1.40. The Kier molecular flexibility index (Phi) is 2.53. The average Bonchev–Trinajstić information content (AvgIpc) is 2.99. The van der Waals surface area contributed by atoms with Gasteiger partial charge in [0.15, 0.2) is 5.78 Å². The summed E-state index contributed by atoms with van der Waals surface area (Å²) in [7, 11) is 0. The minimum Gasteiger partial charge on any atom is -0.298 e. The van der Waals surface area contributed by atoms with Gasteiger partial charge in [-0.2, -0.15) is 13.9 Å². The number of ketones is 1. The Bertz CT molecular complexity index is 552. The summed E-state index contributed by atoms with van der Waals surface area (Å²) >= 11 is 0. The Balaban J connectivity index is 2.10. The van der Waals surface area contributed by atoms with Crippen LogP contribution in [0.1, 0.15) is 49.1 Å². The molecule has 3 rings (SSSR count). The highest BCUT2D eigenvalue weighted by atomic mass is 19.3. The molecule has 0 aliphatic heterocycles. The molecule has 1 aromatic rings. The molecule has 1 saturated carbocycles. The maximum absolute atomic E-state index is 14.0. The quantitative estimate of drug-likeness (QED) is 0.792. The number of Topliss-reactive ketones (excluding diaryl/α,β-unsaturated/α-hetero) is 1. The summed E-state index contributed by atoms with van der Waals surface area (Å²) in [5.74, 6) is -4.85. The topological polar surface area (TPSA) is 34.9 Å². The number of fused-ring (bicyclic) bond motifs is 3. The van der Waals surface area contributed by atoms with E-state index in [1.807, 2.05) is 0 Å². The lowest BCUT2D eigenvalue weighted by Crippen LogP contribution is -2.22. The van der Waals surface area contributed by atoms with Gasteiger partial charge in [0.2, 0.25) is 0 Å². The molecule has 1 fully saturated rings. The SMILES string of the molecule is CCC(=O)Cn1nc(C(F)F)c2c1C(F)(F)C1CC21. The predicted molar refractivity (Wildman–Crippen MR) is 57.2 cm³/mol. The fourth-order valence-corrected chi connectivity index (χ4v) is 2.86. The van der Waals surface area contributed by atoms with Crippen LogP contribution in [0.2, 0.25) is 0 Å². The lowest BCUT2D eigenvalue weighted by atomic mass is 10.1. The van der Waals surface area contributed by atoms with Crippen LogP contribution < -0.4 is 0 Å². The lowest BCUT2D eigenvalue weighted by Gasteiger charge is -2.14. The molecule has 2 unspecified atom stereocenters. The molecule has 19 heavy (non-hydrogen) atoms. The van der Waals surface area contributed by atoms with Crippen LogP contribution in [-0.2, 0) is 17.3 Å². The van der Waals surface area contributed by atoms with E-state index in [-0.39, 0.29) is 30.7 Å². The number of carbonyl (C=O) groups excluding carboxylic acids is 1. The molecule has 1 aromatic heterocycles. The molecule has 2 aliphatic rings. The van der Waals surface area contributed by atoms with Crippen molar-refractivity contribution in [1.82, 2.24) is 9.78 Å². The zero-order valence-corrected chi connectivity index (χ0v) is 10.2. The summed E-state index contributed by atoms with van der Waals surface area (Å²) in [6.45, 7) is 1.23. The number of aromatic nitrogens is 2. The molecule has 2 atom stereocenters. The van der Waals surface area contributed by atoms with Gasteiger partial charge in [0, 0.05) is 17.9 Å².